The summed E-state index contributed by atoms with van der Waals surface area (Å²) in [5.74, 6) is -1.72. The molecule has 3 N–H and O–H groups in total. The molecule has 0 aliphatic heterocycles. The zero-order valence-corrected chi connectivity index (χ0v) is 15.0. The Bertz CT molecular complexity index is 843. The van der Waals surface area contributed by atoms with Crippen LogP contribution in [0, 0.1) is 19.7 Å². The zero-order chi connectivity index (χ0) is 19.4. The Kier molecular flexibility index (Phi) is 5.76. The van der Waals surface area contributed by atoms with Crippen molar-refractivity contribution in [2.24, 2.45) is 0 Å². The molecule has 0 aliphatic rings. The molecule has 0 saturated heterocycles. The monoisotopic (exact) mass is 360 g/mol. The van der Waals surface area contributed by atoms with Crippen molar-refractivity contribution in [1.82, 2.24) is 20.7 Å². The highest BCUT2D eigenvalue weighted by Gasteiger charge is 2.19. The van der Waals surface area contributed by atoms with E-state index in [1.54, 1.807) is 25.1 Å². The van der Waals surface area contributed by atoms with Gasteiger partial charge in [0.2, 0.25) is 5.91 Å². The number of aromatic nitrogens is 1. The van der Waals surface area contributed by atoms with Crippen LogP contribution in [-0.2, 0) is 9.59 Å². The molecule has 2 rings (SSSR count). The normalized spacial score (nSPS) is 11.6. The molecule has 8 heteroatoms. The summed E-state index contributed by atoms with van der Waals surface area (Å²) in [6, 6.07) is 6.83. The van der Waals surface area contributed by atoms with Gasteiger partial charge < -0.3 is 9.88 Å². The smallest absolute Gasteiger partial charge is 0.271 e. The highest BCUT2D eigenvalue weighted by molar-refractivity contribution is 5.97. The number of halogens is 1. The van der Waals surface area contributed by atoms with E-state index in [-0.39, 0.29) is 11.7 Å². The summed E-state index contributed by atoms with van der Waals surface area (Å²) in [4.78, 5) is 35.2. The van der Waals surface area contributed by atoms with Crippen LogP contribution < -0.4 is 16.2 Å². The van der Waals surface area contributed by atoms with Crippen molar-refractivity contribution in [3.8, 4) is 5.69 Å². The van der Waals surface area contributed by atoms with Gasteiger partial charge in [0.1, 0.15) is 11.9 Å². The van der Waals surface area contributed by atoms with Crippen molar-refractivity contribution >= 4 is 17.7 Å². The summed E-state index contributed by atoms with van der Waals surface area (Å²) in [7, 11) is 0. The lowest BCUT2D eigenvalue weighted by Gasteiger charge is -2.13. The molecular formula is C18H21FN4O3. The summed E-state index contributed by atoms with van der Waals surface area (Å²) < 4.78 is 14.9. The van der Waals surface area contributed by atoms with Crippen LogP contribution in [0.5, 0.6) is 0 Å². The summed E-state index contributed by atoms with van der Waals surface area (Å²) in [6.45, 7) is 6.38. The molecule has 7 nitrogen and oxygen atoms in total. The zero-order valence-electron chi connectivity index (χ0n) is 15.0. The van der Waals surface area contributed by atoms with Gasteiger partial charge in [0.25, 0.3) is 11.8 Å². The molecule has 3 amide bonds. The molecule has 0 aliphatic carbocycles. The summed E-state index contributed by atoms with van der Waals surface area (Å²) >= 11 is 0. The van der Waals surface area contributed by atoms with Gasteiger partial charge >= 0.3 is 0 Å². The molecule has 1 aromatic heterocycles. The predicted molar refractivity (Wildman–Crippen MR) is 94.1 cm³/mol. The number of amides is 3. The molecule has 1 aromatic carbocycles. The van der Waals surface area contributed by atoms with Crippen LogP contribution in [0.15, 0.2) is 30.3 Å². The number of hydrogen-bond acceptors (Lipinski definition) is 3. The predicted octanol–water partition coefficient (Wildman–Crippen LogP) is 1.52. The second-order valence-corrected chi connectivity index (χ2v) is 5.96. The standard InChI is InChI=1S/C18H21FN4O3/c1-10-9-16(12(3)23(10)15-7-5-14(19)6-8-15)18(26)22-21-17(25)11(2)20-13(4)24/h5-9,11H,1-4H3,(H,20,24)(H,21,25)(H,22,26). The van der Waals surface area contributed by atoms with Crippen LogP contribution in [0.3, 0.4) is 0 Å². The molecule has 1 unspecified atom stereocenters. The van der Waals surface area contributed by atoms with Crippen LogP contribution in [0.25, 0.3) is 5.69 Å². The van der Waals surface area contributed by atoms with E-state index in [9.17, 15) is 18.8 Å². The van der Waals surface area contributed by atoms with Gasteiger partial charge in [0, 0.05) is 24.0 Å². The Morgan fingerprint density at radius 2 is 1.69 bits per heavy atom. The first-order valence-electron chi connectivity index (χ1n) is 8.03. The van der Waals surface area contributed by atoms with Crippen molar-refractivity contribution in [3.63, 3.8) is 0 Å². The fourth-order valence-corrected chi connectivity index (χ4v) is 2.64. The van der Waals surface area contributed by atoms with Crippen molar-refractivity contribution in [2.75, 3.05) is 0 Å². The SMILES string of the molecule is CC(=O)NC(C)C(=O)NNC(=O)c1cc(C)n(-c2ccc(F)cc2)c1C. The molecule has 1 atom stereocenters. The Morgan fingerprint density at radius 1 is 1.08 bits per heavy atom. The highest BCUT2D eigenvalue weighted by atomic mass is 19.1. The number of carbonyl (C=O) groups is 3. The van der Waals surface area contributed by atoms with E-state index in [0.29, 0.717) is 11.3 Å². The van der Waals surface area contributed by atoms with Gasteiger partial charge in [-0.2, -0.15) is 0 Å². The molecule has 1 heterocycles. The number of carbonyl (C=O) groups excluding carboxylic acids is 3. The maximum Gasteiger partial charge on any atom is 0.271 e. The number of benzene rings is 1. The first-order valence-corrected chi connectivity index (χ1v) is 8.03. The number of nitrogens with zero attached hydrogens (tertiary/aromatic N) is 1. The molecule has 0 radical (unpaired) electrons. The average Bonchev–Trinajstić information content (AvgIpc) is 2.87. The fourth-order valence-electron chi connectivity index (χ4n) is 2.64. The van der Waals surface area contributed by atoms with E-state index in [1.165, 1.54) is 26.0 Å². The van der Waals surface area contributed by atoms with Gasteiger partial charge in [-0.05, 0) is 51.1 Å². The van der Waals surface area contributed by atoms with Crippen molar-refractivity contribution in [1.29, 1.82) is 0 Å². The first-order chi connectivity index (χ1) is 12.2. The van der Waals surface area contributed by atoms with Crippen LogP contribution in [-0.4, -0.2) is 28.3 Å². The van der Waals surface area contributed by atoms with Gasteiger partial charge in [0.15, 0.2) is 0 Å². The van der Waals surface area contributed by atoms with E-state index >= 15 is 0 Å². The third kappa shape index (κ3) is 4.27. The molecule has 0 bridgehead atoms. The van der Waals surface area contributed by atoms with Gasteiger partial charge in [-0.1, -0.05) is 0 Å². The van der Waals surface area contributed by atoms with Gasteiger partial charge in [-0.15, -0.1) is 0 Å². The second kappa shape index (κ2) is 7.81. The Labute approximate surface area is 150 Å². The Balaban J connectivity index is 2.13. The number of nitrogens with one attached hydrogen (secondary N) is 3. The highest BCUT2D eigenvalue weighted by Crippen LogP contribution is 2.21. The van der Waals surface area contributed by atoms with E-state index < -0.39 is 17.9 Å². The minimum Gasteiger partial charge on any atom is -0.345 e. The quantitative estimate of drug-likeness (QED) is 0.722. The second-order valence-electron chi connectivity index (χ2n) is 5.96. The van der Waals surface area contributed by atoms with E-state index in [0.717, 1.165) is 11.4 Å². The largest absolute Gasteiger partial charge is 0.345 e. The summed E-state index contributed by atoms with van der Waals surface area (Å²) in [6.07, 6.45) is 0. The lowest BCUT2D eigenvalue weighted by molar-refractivity contribution is -0.128. The Morgan fingerprint density at radius 3 is 2.27 bits per heavy atom. The van der Waals surface area contributed by atoms with Crippen molar-refractivity contribution in [3.05, 3.63) is 53.1 Å². The van der Waals surface area contributed by atoms with Gasteiger partial charge in [-0.3, -0.25) is 25.2 Å². The molecular weight excluding hydrogens is 339 g/mol. The molecule has 26 heavy (non-hydrogen) atoms. The van der Waals surface area contributed by atoms with E-state index in [1.807, 2.05) is 11.5 Å². The van der Waals surface area contributed by atoms with E-state index in [4.69, 9.17) is 0 Å². The maximum absolute atomic E-state index is 13.1. The molecule has 138 valence electrons. The lowest BCUT2D eigenvalue weighted by atomic mass is 10.2. The topological polar surface area (TPSA) is 92.2 Å². The third-order valence-corrected chi connectivity index (χ3v) is 3.87. The van der Waals surface area contributed by atoms with Crippen LogP contribution >= 0.6 is 0 Å². The van der Waals surface area contributed by atoms with Gasteiger partial charge in [-0.25, -0.2) is 4.39 Å². The molecule has 2 aromatic rings. The summed E-state index contributed by atoms with van der Waals surface area (Å²) in [5.41, 5.74) is 7.15. The third-order valence-electron chi connectivity index (χ3n) is 3.87. The van der Waals surface area contributed by atoms with Crippen molar-refractivity contribution < 1.29 is 18.8 Å². The van der Waals surface area contributed by atoms with Crippen LogP contribution in [0.4, 0.5) is 4.39 Å². The number of hydrogen-bond donors (Lipinski definition) is 3. The Hall–Kier alpha value is -3.16. The lowest BCUT2D eigenvalue weighted by Crippen LogP contribution is -2.50. The molecule has 0 saturated carbocycles. The van der Waals surface area contributed by atoms with Crippen LogP contribution in [0.2, 0.25) is 0 Å². The molecule has 0 fully saturated rings. The van der Waals surface area contributed by atoms with Crippen molar-refractivity contribution in [2.45, 2.75) is 33.7 Å². The van der Waals surface area contributed by atoms with Crippen LogP contribution in [0.1, 0.15) is 35.6 Å². The molecule has 0 spiro atoms. The number of aryl methyl sites for hydroxylation is 1. The first kappa shape index (κ1) is 19.2. The fraction of sp³-hybridized carbons (Fsp3) is 0.278. The average molecular weight is 360 g/mol. The van der Waals surface area contributed by atoms with Gasteiger partial charge in [0.05, 0.1) is 5.56 Å². The maximum atomic E-state index is 13.1. The van der Waals surface area contributed by atoms with E-state index in [2.05, 4.69) is 16.2 Å². The number of hydrazine groups is 1. The summed E-state index contributed by atoms with van der Waals surface area (Å²) in [5, 5.41) is 2.42. The minimum absolute atomic E-state index is 0.342. The minimum atomic E-state index is -0.778. The number of rotatable bonds is 4.